The number of anilines is 1. The molecule has 1 saturated heterocycles. The Bertz CT molecular complexity index is 1070. The molecule has 1 heterocycles. The molecule has 3 rings (SSSR count). The highest BCUT2D eigenvalue weighted by Crippen LogP contribution is 2.36. The van der Waals surface area contributed by atoms with Crippen LogP contribution in [-0.4, -0.2) is 31.7 Å². The van der Waals surface area contributed by atoms with E-state index in [1.807, 2.05) is 0 Å². The van der Waals surface area contributed by atoms with Crippen LogP contribution in [-0.2, 0) is 22.4 Å². The van der Waals surface area contributed by atoms with E-state index < -0.39 is 45.0 Å². The lowest BCUT2D eigenvalue weighted by molar-refractivity contribution is -0.143. The van der Waals surface area contributed by atoms with Crippen molar-refractivity contribution in [1.29, 1.82) is 0 Å². The zero-order chi connectivity index (χ0) is 24.4. The van der Waals surface area contributed by atoms with Gasteiger partial charge in [0.1, 0.15) is 0 Å². The van der Waals surface area contributed by atoms with Crippen molar-refractivity contribution in [2.24, 2.45) is 0 Å². The minimum absolute atomic E-state index is 0.0146. The van der Waals surface area contributed by atoms with Crippen LogP contribution in [0, 0.1) is 0 Å². The van der Waals surface area contributed by atoms with E-state index in [1.54, 1.807) is 0 Å². The molecule has 0 radical (unpaired) electrons. The van der Waals surface area contributed by atoms with Crippen LogP contribution in [0.15, 0.2) is 47.4 Å². The second-order valence-electron chi connectivity index (χ2n) is 7.59. The first-order chi connectivity index (χ1) is 15.3. The van der Waals surface area contributed by atoms with Gasteiger partial charge in [-0.15, -0.1) is 0 Å². The molecule has 0 aromatic heterocycles. The molecule has 1 N–H and O–H groups in total. The molecule has 5 nitrogen and oxygen atoms in total. The molecule has 1 fully saturated rings. The van der Waals surface area contributed by atoms with E-state index in [-0.39, 0.29) is 16.6 Å². The first-order valence-corrected chi connectivity index (χ1v) is 11.4. The van der Waals surface area contributed by atoms with E-state index in [1.165, 1.54) is 28.6 Å². The number of carbonyl (C=O) groups is 1. The van der Waals surface area contributed by atoms with Crippen molar-refractivity contribution in [2.75, 3.05) is 18.4 Å². The number of sulfonamides is 1. The lowest BCUT2D eigenvalue weighted by Gasteiger charge is -2.20. The number of halogens is 6. The first-order valence-electron chi connectivity index (χ1n) is 9.99. The highest BCUT2D eigenvalue weighted by Gasteiger charge is 2.37. The second kappa shape index (κ2) is 9.34. The van der Waals surface area contributed by atoms with Crippen molar-refractivity contribution in [2.45, 2.75) is 42.9 Å². The van der Waals surface area contributed by atoms with Crippen LogP contribution >= 0.6 is 0 Å². The maximum atomic E-state index is 13.0. The lowest BCUT2D eigenvalue weighted by atomic mass is 10.0. The van der Waals surface area contributed by atoms with Gasteiger partial charge in [0.05, 0.1) is 16.0 Å². The number of alkyl halides is 6. The fourth-order valence-corrected chi connectivity index (χ4v) is 4.95. The summed E-state index contributed by atoms with van der Waals surface area (Å²) in [5.41, 5.74) is -4.04. The number of benzene rings is 2. The predicted molar refractivity (Wildman–Crippen MR) is 108 cm³/mol. The first kappa shape index (κ1) is 25.0. The van der Waals surface area contributed by atoms with Gasteiger partial charge in [-0.05, 0) is 55.3 Å². The third-order valence-electron chi connectivity index (χ3n) is 5.16. The Morgan fingerprint density at radius 1 is 0.788 bits per heavy atom. The van der Waals surface area contributed by atoms with Crippen LogP contribution in [0.5, 0.6) is 0 Å². The maximum absolute atomic E-state index is 13.0. The highest BCUT2D eigenvalue weighted by molar-refractivity contribution is 7.89. The van der Waals surface area contributed by atoms with Crippen LogP contribution in [0.3, 0.4) is 0 Å². The number of nitrogens with zero attached hydrogens (tertiary/aromatic N) is 1. The molecule has 0 spiro atoms. The Hall–Kier alpha value is -2.60. The van der Waals surface area contributed by atoms with E-state index in [9.17, 15) is 39.6 Å². The van der Waals surface area contributed by atoms with Gasteiger partial charge in [-0.25, -0.2) is 8.42 Å². The quantitative estimate of drug-likeness (QED) is 0.568. The van der Waals surface area contributed by atoms with Gasteiger partial charge in [-0.3, -0.25) is 4.79 Å². The van der Waals surface area contributed by atoms with E-state index in [0.717, 1.165) is 25.7 Å². The summed E-state index contributed by atoms with van der Waals surface area (Å²) in [6.45, 7) is 0.774. The summed E-state index contributed by atoms with van der Waals surface area (Å²) < 4.78 is 105. The smallest absolute Gasteiger partial charge is 0.322 e. The Kier molecular flexibility index (Phi) is 7.08. The molecule has 33 heavy (non-hydrogen) atoms. The van der Waals surface area contributed by atoms with E-state index in [2.05, 4.69) is 5.32 Å². The van der Waals surface area contributed by atoms with Crippen LogP contribution < -0.4 is 5.32 Å². The van der Waals surface area contributed by atoms with Gasteiger partial charge in [0.25, 0.3) is 5.91 Å². The molecule has 2 aromatic carbocycles. The summed E-state index contributed by atoms with van der Waals surface area (Å²) in [7, 11) is -3.76. The summed E-state index contributed by atoms with van der Waals surface area (Å²) in [6, 6.07) is 5.47. The standard InChI is InChI=1S/C21H20F6N2O3S/c22-20(23,24)15-11-14(12-16(13-15)21(25,26)27)19(30)28-17-5-7-18(8-6-17)33(31,32)29-9-3-1-2-4-10-29/h5-8,11-13H,1-4,9-10H2,(H,28,30). The normalized spacial score (nSPS) is 16.3. The monoisotopic (exact) mass is 494 g/mol. The summed E-state index contributed by atoms with van der Waals surface area (Å²) in [5, 5.41) is 2.20. The molecule has 0 saturated carbocycles. The minimum Gasteiger partial charge on any atom is -0.322 e. The maximum Gasteiger partial charge on any atom is 0.416 e. The summed E-state index contributed by atoms with van der Waals surface area (Å²) in [5.74, 6) is -1.20. The average molecular weight is 494 g/mol. The Labute approximate surface area is 186 Å². The molecule has 1 aliphatic heterocycles. The number of hydrogen-bond acceptors (Lipinski definition) is 3. The lowest BCUT2D eigenvalue weighted by Crippen LogP contribution is -2.31. The number of carbonyl (C=O) groups excluding carboxylic acids is 1. The molecular weight excluding hydrogens is 474 g/mol. The summed E-state index contributed by atoms with van der Waals surface area (Å²) in [6.07, 6.45) is -6.82. The average Bonchev–Trinajstić information content (AvgIpc) is 3.03. The topological polar surface area (TPSA) is 66.5 Å². The third-order valence-corrected chi connectivity index (χ3v) is 7.08. The Morgan fingerprint density at radius 2 is 1.27 bits per heavy atom. The predicted octanol–water partition coefficient (Wildman–Crippen LogP) is 5.54. The van der Waals surface area contributed by atoms with Crippen molar-refractivity contribution in [1.82, 2.24) is 4.31 Å². The van der Waals surface area contributed by atoms with Crippen molar-refractivity contribution in [3.63, 3.8) is 0 Å². The molecule has 12 heteroatoms. The van der Waals surface area contributed by atoms with Crippen molar-refractivity contribution in [3.05, 3.63) is 59.2 Å². The van der Waals surface area contributed by atoms with Crippen molar-refractivity contribution in [3.8, 4) is 0 Å². The number of rotatable bonds is 4. The number of nitrogens with one attached hydrogen (secondary N) is 1. The van der Waals surface area contributed by atoms with Crippen LogP contribution in [0.4, 0.5) is 32.0 Å². The highest BCUT2D eigenvalue weighted by atomic mass is 32.2. The van der Waals surface area contributed by atoms with Crippen molar-refractivity contribution >= 4 is 21.6 Å². The van der Waals surface area contributed by atoms with E-state index >= 15 is 0 Å². The van der Waals surface area contributed by atoms with Crippen LogP contribution in [0.2, 0.25) is 0 Å². The molecule has 0 atom stereocenters. The third kappa shape index (κ3) is 6.05. The van der Waals surface area contributed by atoms with Crippen LogP contribution in [0.1, 0.15) is 47.2 Å². The van der Waals surface area contributed by atoms with Crippen molar-refractivity contribution < 1.29 is 39.6 Å². The molecule has 0 bridgehead atoms. The zero-order valence-electron chi connectivity index (χ0n) is 17.1. The Morgan fingerprint density at radius 3 is 1.73 bits per heavy atom. The molecule has 1 aliphatic rings. The second-order valence-corrected chi connectivity index (χ2v) is 9.53. The SMILES string of the molecule is O=C(Nc1ccc(S(=O)(=O)N2CCCCCC2)cc1)c1cc(C(F)(F)F)cc(C(F)(F)F)c1. The van der Waals surface area contributed by atoms with Gasteiger partial charge >= 0.3 is 12.4 Å². The number of amides is 1. The van der Waals surface area contributed by atoms with Gasteiger partial charge in [0.2, 0.25) is 10.0 Å². The fraction of sp³-hybridized carbons (Fsp3) is 0.381. The molecule has 0 unspecified atom stereocenters. The number of hydrogen-bond donors (Lipinski definition) is 1. The molecule has 1 amide bonds. The van der Waals surface area contributed by atoms with Gasteiger partial charge < -0.3 is 5.32 Å². The fourth-order valence-electron chi connectivity index (χ4n) is 3.43. The molecule has 180 valence electrons. The summed E-state index contributed by atoms with van der Waals surface area (Å²) >= 11 is 0. The zero-order valence-corrected chi connectivity index (χ0v) is 17.9. The minimum atomic E-state index is -5.08. The summed E-state index contributed by atoms with van der Waals surface area (Å²) in [4.78, 5) is 12.3. The van der Waals surface area contributed by atoms with E-state index in [0.29, 0.717) is 25.2 Å². The van der Waals surface area contributed by atoms with Gasteiger partial charge in [-0.1, -0.05) is 12.8 Å². The molecule has 2 aromatic rings. The van der Waals surface area contributed by atoms with Gasteiger partial charge in [-0.2, -0.15) is 30.6 Å². The van der Waals surface area contributed by atoms with Crippen LogP contribution in [0.25, 0.3) is 0 Å². The Balaban J connectivity index is 1.82. The molecular formula is C21H20F6N2O3S. The van der Waals surface area contributed by atoms with E-state index in [4.69, 9.17) is 0 Å². The largest absolute Gasteiger partial charge is 0.416 e. The van der Waals surface area contributed by atoms with Gasteiger partial charge in [0, 0.05) is 24.3 Å². The van der Waals surface area contributed by atoms with Gasteiger partial charge in [0.15, 0.2) is 0 Å². The molecule has 0 aliphatic carbocycles.